The highest BCUT2D eigenvalue weighted by atomic mass is 32.2. The van der Waals surface area contributed by atoms with Gasteiger partial charge in [0.2, 0.25) is 0 Å². The van der Waals surface area contributed by atoms with Gasteiger partial charge in [0, 0.05) is 5.56 Å². The Bertz CT molecular complexity index is 721. The first-order valence-corrected chi connectivity index (χ1v) is 8.10. The monoisotopic (exact) mass is 311 g/mol. The minimum absolute atomic E-state index is 0.00643. The molecule has 8 heteroatoms. The van der Waals surface area contributed by atoms with Crippen molar-refractivity contribution < 1.29 is 17.9 Å². The number of nitrogens with two attached hydrogens (primary N) is 2. The number of carbonyl (C=O) groups excluding carboxylic acids is 1. The lowest BCUT2D eigenvalue weighted by atomic mass is 10.0. The molecular formula is C13H17N3O4S. The molecule has 1 amide bonds. The molecule has 0 aliphatic carbocycles. The molecule has 0 radical (unpaired) electrons. The Morgan fingerprint density at radius 1 is 1.43 bits per heavy atom. The number of fused-ring (bicyclic) bond motifs is 1. The molecule has 1 aromatic rings. The zero-order chi connectivity index (χ0) is 15.8. The van der Waals surface area contributed by atoms with E-state index in [0.29, 0.717) is 12.0 Å². The number of hydrogen-bond donors (Lipinski definition) is 2. The van der Waals surface area contributed by atoms with Crippen LogP contribution in [0.4, 0.5) is 0 Å². The van der Waals surface area contributed by atoms with Crippen LogP contribution in [-0.4, -0.2) is 32.1 Å². The lowest BCUT2D eigenvalue weighted by Gasteiger charge is -2.24. The second-order valence-corrected chi connectivity index (χ2v) is 6.86. The van der Waals surface area contributed by atoms with Crippen LogP contribution < -0.4 is 16.2 Å². The van der Waals surface area contributed by atoms with E-state index in [1.54, 1.807) is 13.0 Å². The number of carbonyl (C=O) groups is 1. The molecule has 1 aliphatic heterocycles. The van der Waals surface area contributed by atoms with Gasteiger partial charge in [-0.25, -0.2) is 8.42 Å². The van der Waals surface area contributed by atoms with Crippen LogP contribution in [0.25, 0.3) is 0 Å². The van der Waals surface area contributed by atoms with E-state index in [1.165, 1.54) is 6.07 Å². The second kappa shape index (κ2) is 5.36. The van der Waals surface area contributed by atoms with Gasteiger partial charge >= 0.3 is 0 Å². The van der Waals surface area contributed by atoms with Crippen molar-refractivity contribution in [1.82, 2.24) is 0 Å². The molecule has 1 aromatic carbocycles. The molecule has 4 N–H and O–H groups in total. The largest absolute Gasteiger partial charge is 0.488 e. The molecule has 0 bridgehead atoms. The van der Waals surface area contributed by atoms with Crippen LogP contribution >= 0.6 is 0 Å². The third kappa shape index (κ3) is 2.99. The zero-order valence-corrected chi connectivity index (χ0v) is 12.6. The number of benzene rings is 1. The van der Waals surface area contributed by atoms with Crippen molar-refractivity contribution in [3.63, 3.8) is 0 Å². The van der Waals surface area contributed by atoms with Gasteiger partial charge in [-0.1, -0.05) is 6.92 Å². The lowest BCUT2D eigenvalue weighted by Crippen LogP contribution is -2.30. The van der Waals surface area contributed by atoms with Crippen molar-refractivity contribution in [2.45, 2.75) is 31.3 Å². The molecule has 0 saturated carbocycles. The maximum atomic E-state index is 12.2. The smallest absolute Gasteiger partial charge is 0.280 e. The third-order valence-corrected chi connectivity index (χ3v) is 5.03. The maximum Gasteiger partial charge on any atom is 0.280 e. The summed E-state index contributed by atoms with van der Waals surface area (Å²) >= 11 is 0. The van der Waals surface area contributed by atoms with E-state index in [2.05, 4.69) is 4.99 Å². The van der Waals surface area contributed by atoms with E-state index in [9.17, 15) is 13.2 Å². The molecule has 21 heavy (non-hydrogen) atoms. The van der Waals surface area contributed by atoms with Crippen LogP contribution in [0.3, 0.4) is 0 Å². The van der Waals surface area contributed by atoms with Crippen molar-refractivity contribution in [3.05, 3.63) is 23.3 Å². The van der Waals surface area contributed by atoms with E-state index < -0.39 is 21.8 Å². The molecule has 0 aromatic heterocycles. The van der Waals surface area contributed by atoms with Gasteiger partial charge in [0.15, 0.2) is 15.8 Å². The highest BCUT2D eigenvalue weighted by Crippen LogP contribution is 2.34. The highest BCUT2D eigenvalue weighted by molar-refractivity contribution is 7.91. The van der Waals surface area contributed by atoms with Crippen molar-refractivity contribution in [2.75, 3.05) is 5.75 Å². The van der Waals surface area contributed by atoms with Crippen molar-refractivity contribution in [1.29, 1.82) is 0 Å². The molecule has 1 heterocycles. The van der Waals surface area contributed by atoms with Crippen LogP contribution in [0.5, 0.6) is 5.75 Å². The fourth-order valence-corrected chi connectivity index (χ4v) is 3.83. The number of rotatable bonds is 2. The third-order valence-electron chi connectivity index (χ3n) is 3.13. The normalized spacial score (nSPS) is 19.2. The van der Waals surface area contributed by atoms with E-state index in [4.69, 9.17) is 16.2 Å². The number of ether oxygens (including phenoxy) is 1. The summed E-state index contributed by atoms with van der Waals surface area (Å²) in [6.07, 6.45) is 0.0954. The Labute approximate surface area is 122 Å². The molecule has 1 unspecified atom stereocenters. The number of sulfone groups is 1. The average molecular weight is 311 g/mol. The zero-order valence-electron chi connectivity index (χ0n) is 11.8. The molecule has 0 saturated heterocycles. The first-order chi connectivity index (χ1) is 9.74. The van der Waals surface area contributed by atoms with Gasteiger partial charge in [0.05, 0.1) is 5.75 Å². The quantitative estimate of drug-likeness (QED) is 0.594. The Morgan fingerprint density at radius 2 is 2.10 bits per heavy atom. The first-order valence-electron chi connectivity index (χ1n) is 6.45. The van der Waals surface area contributed by atoms with E-state index in [-0.39, 0.29) is 27.9 Å². The molecule has 0 spiro atoms. The minimum Gasteiger partial charge on any atom is -0.488 e. The summed E-state index contributed by atoms with van der Waals surface area (Å²) in [5.41, 5.74) is 11.2. The van der Waals surface area contributed by atoms with Gasteiger partial charge in [-0.15, -0.1) is 0 Å². The summed E-state index contributed by atoms with van der Waals surface area (Å²) in [6, 6.07) is 2.86. The molecular weight excluding hydrogens is 294 g/mol. The molecule has 7 nitrogen and oxygen atoms in total. The molecule has 2 rings (SSSR count). The summed E-state index contributed by atoms with van der Waals surface area (Å²) in [5.74, 6) is -0.885. The van der Waals surface area contributed by atoms with Crippen molar-refractivity contribution in [3.8, 4) is 5.75 Å². The SMILES string of the molecule is CCc1cc2c(cc1C(=O)N=C(N)N)S(=O)(=O)CC(C)O2. The Morgan fingerprint density at radius 3 is 2.67 bits per heavy atom. The van der Waals surface area contributed by atoms with Crippen LogP contribution in [0.1, 0.15) is 29.8 Å². The standard InChI is InChI=1S/C13H17N3O4S/c1-3-8-4-10-11(21(18,19)6-7(2)20-10)5-9(8)12(17)16-13(14)15/h4-5,7H,3,6H2,1-2H3,(H4,14,15,16,17). The van der Waals surface area contributed by atoms with Gasteiger partial charge in [0.25, 0.3) is 5.91 Å². The lowest BCUT2D eigenvalue weighted by molar-refractivity contribution is 0.100. The molecule has 1 atom stereocenters. The van der Waals surface area contributed by atoms with Gasteiger partial charge in [-0.05, 0) is 31.0 Å². The summed E-state index contributed by atoms with van der Waals surface area (Å²) in [6.45, 7) is 3.53. The Balaban J connectivity index is 2.65. The average Bonchev–Trinajstić information content (AvgIpc) is 2.35. The Kier molecular flexibility index (Phi) is 3.91. The van der Waals surface area contributed by atoms with Gasteiger partial charge in [-0.2, -0.15) is 4.99 Å². The number of hydrogen-bond acceptors (Lipinski definition) is 4. The fourth-order valence-electron chi connectivity index (χ4n) is 2.26. The summed E-state index contributed by atoms with van der Waals surface area (Å²) in [5, 5.41) is 0. The second-order valence-electron chi connectivity index (χ2n) is 4.86. The van der Waals surface area contributed by atoms with Crippen LogP contribution in [0, 0.1) is 0 Å². The summed E-state index contributed by atoms with van der Waals surface area (Å²) < 4.78 is 30.0. The van der Waals surface area contributed by atoms with Gasteiger partial charge < -0.3 is 16.2 Å². The summed E-state index contributed by atoms with van der Waals surface area (Å²) in [7, 11) is -3.49. The van der Waals surface area contributed by atoms with Crippen molar-refractivity contribution in [2.24, 2.45) is 16.5 Å². The molecule has 114 valence electrons. The van der Waals surface area contributed by atoms with Crippen LogP contribution in [0.2, 0.25) is 0 Å². The highest BCUT2D eigenvalue weighted by Gasteiger charge is 2.31. The number of amides is 1. The topological polar surface area (TPSA) is 125 Å². The van der Waals surface area contributed by atoms with E-state index >= 15 is 0 Å². The predicted molar refractivity (Wildman–Crippen MR) is 78.1 cm³/mol. The summed E-state index contributed by atoms with van der Waals surface area (Å²) in [4.78, 5) is 15.5. The predicted octanol–water partition coefficient (Wildman–Crippen LogP) is 0.217. The molecule has 1 aliphatic rings. The Hall–Kier alpha value is -2.09. The minimum atomic E-state index is -3.49. The van der Waals surface area contributed by atoms with Gasteiger partial charge in [-0.3, -0.25) is 4.79 Å². The first kappa shape index (κ1) is 15.3. The van der Waals surface area contributed by atoms with Gasteiger partial charge in [0.1, 0.15) is 16.7 Å². The van der Waals surface area contributed by atoms with E-state index in [0.717, 1.165) is 0 Å². The number of nitrogens with zero attached hydrogens (tertiary/aromatic N) is 1. The van der Waals surface area contributed by atoms with Crippen LogP contribution in [-0.2, 0) is 16.3 Å². The fraction of sp³-hybridized carbons (Fsp3) is 0.385. The molecule has 0 fully saturated rings. The van der Waals surface area contributed by atoms with E-state index in [1.807, 2.05) is 6.92 Å². The van der Waals surface area contributed by atoms with Crippen LogP contribution in [0.15, 0.2) is 22.0 Å². The maximum absolute atomic E-state index is 12.2. The number of guanidine groups is 1. The number of aryl methyl sites for hydroxylation is 1. The number of aliphatic imine (C=N–C) groups is 1. The van der Waals surface area contributed by atoms with Crippen molar-refractivity contribution >= 4 is 21.7 Å².